The molecule has 3 rings (SSSR count). The first-order chi connectivity index (χ1) is 13.2. The number of aryl methyl sites for hydroxylation is 1. The van der Waals surface area contributed by atoms with Crippen molar-refractivity contribution in [3.05, 3.63) is 30.1 Å². The van der Waals surface area contributed by atoms with Crippen LogP contribution in [-0.2, 0) is 11.2 Å². The Morgan fingerprint density at radius 1 is 1.26 bits per heavy atom. The second-order valence-corrected chi connectivity index (χ2v) is 7.82. The van der Waals surface area contributed by atoms with Crippen molar-refractivity contribution < 1.29 is 9.53 Å². The number of ether oxygens (including phenoxy) is 1. The monoisotopic (exact) mass is 389 g/mol. The first kappa shape index (κ1) is 19.5. The van der Waals surface area contributed by atoms with Crippen molar-refractivity contribution in [2.45, 2.75) is 50.1 Å². The molecule has 2 aromatic rings. The molecule has 1 aromatic carbocycles. The van der Waals surface area contributed by atoms with Crippen LogP contribution in [0.2, 0.25) is 0 Å². The number of nitrogens with two attached hydrogens (primary N) is 1. The van der Waals surface area contributed by atoms with Crippen molar-refractivity contribution >= 4 is 23.4 Å². The van der Waals surface area contributed by atoms with Gasteiger partial charge in [0.1, 0.15) is 5.75 Å². The van der Waals surface area contributed by atoms with E-state index in [-0.39, 0.29) is 11.7 Å². The number of nitrogens with zero attached hydrogens (tertiary/aromatic N) is 3. The fourth-order valence-electron chi connectivity index (χ4n) is 3.39. The van der Waals surface area contributed by atoms with E-state index in [1.165, 1.54) is 48.5 Å². The molecule has 0 spiro atoms. The topological polar surface area (TPSA) is 95.1 Å². The molecular weight excluding hydrogens is 362 g/mol. The van der Waals surface area contributed by atoms with Crippen LogP contribution in [0.15, 0.2) is 29.4 Å². The summed E-state index contributed by atoms with van der Waals surface area (Å²) >= 11 is 1.29. The second-order valence-electron chi connectivity index (χ2n) is 6.88. The Balaban J connectivity index is 1.45. The highest BCUT2D eigenvalue weighted by Gasteiger charge is 2.17. The van der Waals surface area contributed by atoms with Gasteiger partial charge in [-0.2, -0.15) is 0 Å². The third-order valence-corrected chi connectivity index (χ3v) is 5.89. The third kappa shape index (κ3) is 5.63. The van der Waals surface area contributed by atoms with E-state index >= 15 is 0 Å². The van der Waals surface area contributed by atoms with Crippen molar-refractivity contribution in [1.29, 1.82) is 0 Å². The van der Waals surface area contributed by atoms with Crippen LogP contribution < -0.4 is 15.9 Å². The maximum absolute atomic E-state index is 12.1. The summed E-state index contributed by atoms with van der Waals surface area (Å²) in [5.41, 5.74) is 0.726. The first-order valence-electron chi connectivity index (χ1n) is 9.42. The molecule has 0 atom stereocenters. The lowest BCUT2D eigenvalue weighted by molar-refractivity contribution is -0.113. The summed E-state index contributed by atoms with van der Waals surface area (Å²) in [6, 6.07) is 7.21. The number of aromatic nitrogens is 3. The first-order valence-corrected chi connectivity index (χ1v) is 10.4. The minimum absolute atomic E-state index is 0.114. The molecular formula is C19H27N5O2S. The fraction of sp³-hybridized carbons (Fsp3) is 0.526. The Bertz CT molecular complexity index is 741. The van der Waals surface area contributed by atoms with Crippen molar-refractivity contribution in [1.82, 2.24) is 14.9 Å². The third-order valence-electron chi connectivity index (χ3n) is 4.94. The Hall–Kier alpha value is -2.22. The van der Waals surface area contributed by atoms with Crippen molar-refractivity contribution in [2.24, 2.45) is 5.92 Å². The van der Waals surface area contributed by atoms with Crippen molar-refractivity contribution in [3.8, 4) is 5.75 Å². The summed E-state index contributed by atoms with van der Waals surface area (Å²) in [4.78, 5) is 12.1. The summed E-state index contributed by atoms with van der Waals surface area (Å²) in [7, 11) is 1.61. The normalized spacial score (nSPS) is 14.9. The number of hydrogen-bond donors (Lipinski definition) is 2. The second kappa shape index (κ2) is 9.64. The largest absolute Gasteiger partial charge is 0.497 e. The highest BCUT2D eigenvalue weighted by Crippen LogP contribution is 2.27. The number of thioether (sulfide) groups is 1. The molecule has 1 heterocycles. The van der Waals surface area contributed by atoms with E-state index in [4.69, 9.17) is 10.6 Å². The number of amides is 1. The van der Waals surface area contributed by atoms with Gasteiger partial charge in [0.2, 0.25) is 11.1 Å². The van der Waals surface area contributed by atoms with Crippen LogP contribution in [0.5, 0.6) is 5.75 Å². The summed E-state index contributed by atoms with van der Waals surface area (Å²) in [6.45, 7) is 0. The number of nitrogen functional groups attached to an aromatic ring is 1. The Kier molecular flexibility index (Phi) is 6.98. The average molecular weight is 390 g/mol. The number of rotatable bonds is 8. The SMILES string of the molecule is COc1ccc(NC(=O)CSc2nnc(CCC3CCCCC3)n2N)cc1. The number of nitrogens with one attached hydrogen (secondary N) is 1. The Morgan fingerprint density at radius 3 is 2.70 bits per heavy atom. The van der Waals surface area contributed by atoms with Gasteiger partial charge in [0, 0.05) is 12.1 Å². The molecule has 0 radical (unpaired) electrons. The molecule has 1 aliphatic rings. The molecule has 0 saturated heterocycles. The summed E-state index contributed by atoms with van der Waals surface area (Å²) < 4.78 is 6.63. The highest BCUT2D eigenvalue weighted by atomic mass is 32.2. The van der Waals surface area contributed by atoms with Crippen molar-refractivity contribution in [2.75, 3.05) is 24.0 Å². The van der Waals surface area contributed by atoms with Gasteiger partial charge in [-0.15, -0.1) is 10.2 Å². The maximum atomic E-state index is 12.1. The Morgan fingerprint density at radius 2 is 2.00 bits per heavy atom. The van der Waals surface area contributed by atoms with Gasteiger partial charge in [-0.3, -0.25) is 4.79 Å². The van der Waals surface area contributed by atoms with Gasteiger partial charge in [-0.05, 0) is 36.6 Å². The molecule has 1 aromatic heterocycles. The molecule has 146 valence electrons. The van der Waals surface area contributed by atoms with Crippen LogP contribution in [0.4, 0.5) is 5.69 Å². The Labute approximate surface area is 164 Å². The summed E-state index contributed by atoms with van der Waals surface area (Å²) in [5.74, 6) is 8.55. The van der Waals surface area contributed by atoms with Gasteiger partial charge in [0.25, 0.3) is 0 Å². The van der Waals surface area contributed by atoms with E-state index in [0.29, 0.717) is 5.16 Å². The van der Waals surface area contributed by atoms with E-state index in [0.717, 1.165) is 36.0 Å². The molecule has 7 nitrogen and oxygen atoms in total. The van der Waals surface area contributed by atoms with Crippen LogP contribution in [-0.4, -0.2) is 33.6 Å². The molecule has 0 unspecified atom stereocenters. The number of carbonyl (C=O) groups excluding carboxylic acids is 1. The summed E-state index contributed by atoms with van der Waals surface area (Å²) in [6.07, 6.45) is 8.61. The average Bonchev–Trinajstić information content (AvgIpc) is 3.06. The lowest BCUT2D eigenvalue weighted by Gasteiger charge is -2.20. The minimum Gasteiger partial charge on any atom is -0.497 e. The van der Waals surface area contributed by atoms with Crippen LogP contribution >= 0.6 is 11.8 Å². The van der Waals surface area contributed by atoms with Gasteiger partial charge >= 0.3 is 0 Å². The number of methoxy groups -OCH3 is 1. The van der Waals surface area contributed by atoms with Crippen molar-refractivity contribution in [3.63, 3.8) is 0 Å². The van der Waals surface area contributed by atoms with Crippen LogP contribution in [0.1, 0.15) is 44.3 Å². The number of benzene rings is 1. The summed E-state index contributed by atoms with van der Waals surface area (Å²) in [5, 5.41) is 11.8. The van der Waals surface area contributed by atoms with E-state index in [9.17, 15) is 4.79 Å². The van der Waals surface area contributed by atoms with E-state index in [1.54, 1.807) is 31.4 Å². The molecule has 0 aliphatic heterocycles. The molecule has 3 N–H and O–H groups in total. The number of hydrogen-bond acceptors (Lipinski definition) is 6. The van der Waals surface area contributed by atoms with E-state index in [2.05, 4.69) is 15.5 Å². The molecule has 1 amide bonds. The van der Waals surface area contributed by atoms with E-state index in [1.807, 2.05) is 0 Å². The zero-order chi connectivity index (χ0) is 19.1. The van der Waals surface area contributed by atoms with Crippen LogP contribution in [0.3, 0.4) is 0 Å². The predicted octanol–water partition coefficient (Wildman–Crippen LogP) is 3.24. The van der Waals surface area contributed by atoms with Crippen LogP contribution in [0, 0.1) is 5.92 Å². The quantitative estimate of drug-likeness (QED) is 0.532. The van der Waals surface area contributed by atoms with E-state index < -0.39 is 0 Å². The molecule has 27 heavy (non-hydrogen) atoms. The minimum atomic E-state index is -0.114. The van der Waals surface area contributed by atoms with Crippen LogP contribution in [0.25, 0.3) is 0 Å². The van der Waals surface area contributed by atoms with Gasteiger partial charge in [0.05, 0.1) is 12.9 Å². The highest BCUT2D eigenvalue weighted by molar-refractivity contribution is 7.99. The maximum Gasteiger partial charge on any atom is 0.234 e. The molecule has 1 aliphatic carbocycles. The van der Waals surface area contributed by atoms with Gasteiger partial charge in [-0.25, -0.2) is 4.68 Å². The molecule has 1 fully saturated rings. The molecule has 1 saturated carbocycles. The molecule has 0 bridgehead atoms. The van der Waals surface area contributed by atoms with Gasteiger partial charge < -0.3 is 15.9 Å². The van der Waals surface area contributed by atoms with Gasteiger partial charge in [-0.1, -0.05) is 43.9 Å². The number of carbonyl (C=O) groups is 1. The lowest BCUT2D eigenvalue weighted by atomic mass is 9.86. The lowest BCUT2D eigenvalue weighted by Crippen LogP contribution is -2.18. The zero-order valence-electron chi connectivity index (χ0n) is 15.7. The smallest absolute Gasteiger partial charge is 0.234 e. The fourth-order valence-corrected chi connectivity index (χ4v) is 4.06. The number of anilines is 1. The standard InChI is InChI=1S/C19H27N5O2S/c1-26-16-10-8-15(9-11-16)21-18(25)13-27-19-23-22-17(24(19)20)12-7-14-5-3-2-4-6-14/h8-11,14H,2-7,12-13,20H2,1H3,(H,21,25). The van der Waals surface area contributed by atoms with Gasteiger partial charge in [0.15, 0.2) is 5.82 Å². The predicted molar refractivity (Wildman–Crippen MR) is 107 cm³/mol. The molecule has 8 heteroatoms. The zero-order valence-corrected chi connectivity index (χ0v) is 16.5.